The fourth-order valence-corrected chi connectivity index (χ4v) is 1.82. The molecule has 106 valence electrons. The number of alkyl halides is 6. The van der Waals surface area contributed by atoms with E-state index in [4.69, 9.17) is 0 Å². The van der Waals surface area contributed by atoms with Gasteiger partial charge in [0.05, 0.1) is 11.1 Å². The van der Waals surface area contributed by atoms with Crippen molar-refractivity contribution in [2.75, 3.05) is 0 Å². The Morgan fingerprint density at radius 1 is 1.00 bits per heavy atom. The van der Waals surface area contributed by atoms with Crippen LogP contribution in [0.1, 0.15) is 23.6 Å². The molecule has 0 fully saturated rings. The number of carbonyl (C=O) groups excluding carboxylic acids is 1. The van der Waals surface area contributed by atoms with Crippen molar-refractivity contribution < 1.29 is 31.1 Å². The first-order valence-corrected chi connectivity index (χ1v) is 5.90. The highest BCUT2D eigenvalue weighted by Crippen LogP contribution is 2.36. The van der Waals surface area contributed by atoms with Gasteiger partial charge in [-0.1, -0.05) is 11.8 Å². The average Bonchev–Trinajstić information content (AvgIpc) is 2.23. The Labute approximate surface area is 109 Å². The zero-order valence-electron chi connectivity index (χ0n) is 9.52. The molecule has 8 heteroatoms. The molecule has 0 aliphatic rings. The number of carbonyl (C=O) groups is 1. The van der Waals surface area contributed by atoms with E-state index in [-0.39, 0.29) is 22.5 Å². The maximum Gasteiger partial charge on any atom is 0.416 e. The first-order chi connectivity index (χ1) is 8.50. The minimum absolute atomic E-state index is 0.0575. The highest BCUT2D eigenvalue weighted by molar-refractivity contribution is 8.12. The fourth-order valence-electron chi connectivity index (χ4n) is 1.29. The maximum atomic E-state index is 12.5. The SMILES string of the molecule is CC(=O)SCc1cc(C(F)(F)F)cc(C(F)(F)F)c1. The molecular weight excluding hydrogens is 294 g/mol. The van der Waals surface area contributed by atoms with E-state index in [0.29, 0.717) is 23.9 Å². The minimum atomic E-state index is -4.86. The molecule has 19 heavy (non-hydrogen) atoms. The Morgan fingerprint density at radius 3 is 1.74 bits per heavy atom. The largest absolute Gasteiger partial charge is 0.416 e. The molecule has 1 aromatic carbocycles. The molecule has 0 aliphatic heterocycles. The van der Waals surface area contributed by atoms with Crippen LogP contribution in [0.25, 0.3) is 0 Å². The van der Waals surface area contributed by atoms with Gasteiger partial charge in [0, 0.05) is 12.7 Å². The number of hydrogen-bond donors (Lipinski definition) is 0. The van der Waals surface area contributed by atoms with Crippen molar-refractivity contribution in [2.45, 2.75) is 25.0 Å². The lowest BCUT2D eigenvalue weighted by Gasteiger charge is -2.13. The zero-order valence-corrected chi connectivity index (χ0v) is 10.3. The molecule has 0 spiro atoms. The molecular formula is C11H8F6OS. The van der Waals surface area contributed by atoms with Crippen LogP contribution in [0.15, 0.2) is 18.2 Å². The summed E-state index contributed by atoms with van der Waals surface area (Å²) in [6.45, 7) is 1.18. The van der Waals surface area contributed by atoms with Gasteiger partial charge in [-0.05, 0) is 23.8 Å². The van der Waals surface area contributed by atoms with Gasteiger partial charge in [0.25, 0.3) is 0 Å². The van der Waals surface area contributed by atoms with Gasteiger partial charge in [0.15, 0.2) is 5.12 Å². The van der Waals surface area contributed by atoms with Crippen molar-refractivity contribution >= 4 is 16.9 Å². The number of halogens is 6. The monoisotopic (exact) mass is 302 g/mol. The van der Waals surface area contributed by atoms with Crippen LogP contribution in [-0.4, -0.2) is 5.12 Å². The molecule has 1 nitrogen and oxygen atoms in total. The van der Waals surface area contributed by atoms with Crippen molar-refractivity contribution in [3.63, 3.8) is 0 Å². The van der Waals surface area contributed by atoms with E-state index < -0.39 is 23.5 Å². The predicted molar refractivity (Wildman–Crippen MR) is 58.4 cm³/mol. The summed E-state index contributed by atoms with van der Waals surface area (Å²) in [5.74, 6) is -0.234. The molecule has 0 aliphatic carbocycles. The second-order valence-electron chi connectivity index (χ2n) is 3.69. The Morgan fingerprint density at radius 2 is 1.42 bits per heavy atom. The van der Waals surface area contributed by atoms with Gasteiger partial charge in [-0.3, -0.25) is 4.79 Å². The summed E-state index contributed by atoms with van der Waals surface area (Å²) < 4.78 is 75.0. The average molecular weight is 302 g/mol. The third kappa shape index (κ3) is 4.77. The number of benzene rings is 1. The number of rotatable bonds is 2. The van der Waals surface area contributed by atoms with Crippen LogP contribution < -0.4 is 0 Å². The van der Waals surface area contributed by atoms with E-state index in [9.17, 15) is 31.1 Å². The van der Waals surface area contributed by atoms with E-state index in [1.807, 2.05) is 0 Å². The van der Waals surface area contributed by atoms with Crippen LogP contribution in [0.3, 0.4) is 0 Å². The van der Waals surface area contributed by atoms with Crippen LogP contribution in [0.5, 0.6) is 0 Å². The molecule has 0 radical (unpaired) electrons. The Hall–Kier alpha value is -1.18. The Bertz CT molecular complexity index is 445. The third-order valence-corrected chi connectivity index (χ3v) is 2.97. The van der Waals surface area contributed by atoms with Crippen molar-refractivity contribution in [3.05, 3.63) is 34.9 Å². The van der Waals surface area contributed by atoms with Gasteiger partial charge in [-0.2, -0.15) is 26.3 Å². The molecule has 0 saturated heterocycles. The van der Waals surface area contributed by atoms with Gasteiger partial charge in [-0.25, -0.2) is 0 Å². The van der Waals surface area contributed by atoms with Crippen molar-refractivity contribution in [3.8, 4) is 0 Å². The van der Waals surface area contributed by atoms with Gasteiger partial charge in [-0.15, -0.1) is 0 Å². The summed E-state index contributed by atoms with van der Waals surface area (Å²) in [5, 5.41) is -0.383. The maximum absolute atomic E-state index is 12.5. The quantitative estimate of drug-likeness (QED) is 0.748. The number of thioether (sulfide) groups is 1. The highest BCUT2D eigenvalue weighted by Gasteiger charge is 2.36. The molecule has 1 aromatic rings. The summed E-state index contributed by atoms with van der Waals surface area (Å²) in [6.07, 6.45) is -9.73. The molecule has 0 saturated carbocycles. The van der Waals surface area contributed by atoms with Crippen LogP contribution in [-0.2, 0) is 22.9 Å². The Balaban J connectivity index is 3.21. The smallest absolute Gasteiger partial charge is 0.288 e. The first-order valence-electron chi connectivity index (χ1n) is 4.92. The second-order valence-corrected chi connectivity index (χ2v) is 4.85. The zero-order chi connectivity index (χ0) is 14.8. The first kappa shape index (κ1) is 15.9. The third-order valence-electron chi connectivity index (χ3n) is 2.09. The Kier molecular flexibility index (Phi) is 4.54. The summed E-state index contributed by atoms with van der Waals surface area (Å²) in [7, 11) is 0. The molecule has 0 atom stereocenters. The summed E-state index contributed by atoms with van der Waals surface area (Å²) in [6, 6.07) is 1.29. The molecule has 0 bridgehead atoms. The van der Waals surface area contributed by atoms with Crippen LogP contribution in [0.4, 0.5) is 26.3 Å². The molecule has 0 N–H and O–H groups in total. The summed E-state index contributed by atoms with van der Waals surface area (Å²) in [4.78, 5) is 10.7. The molecule has 1 rings (SSSR count). The molecule has 0 unspecified atom stereocenters. The lowest BCUT2D eigenvalue weighted by Crippen LogP contribution is -2.11. The van der Waals surface area contributed by atoms with E-state index >= 15 is 0 Å². The van der Waals surface area contributed by atoms with E-state index in [0.717, 1.165) is 0 Å². The van der Waals surface area contributed by atoms with Crippen molar-refractivity contribution in [1.29, 1.82) is 0 Å². The predicted octanol–water partition coefficient (Wildman–Crippen LogP) is 4.50. The molecule has 0 amide bonds. The van der Waals surface area contributed by atoms with E-state index in [1.165, 1.54) is 6.92 Å². The molecule has 0 heterocycles. The van der Waals surface area contributed by atoms with Crippen LogP contribution in [0.2, 0.25) is 0 Å². The molecule has 0 aromatic heterocycles. The topological polar surface area (TPSA) is 17.1 Å². The van der Waals surface area contributed by atoms with Crippen molar-refractivity contribution in [1.82, 2.24) is 0 Å². The van der Waals surface area contributed by atoms with Gasteiger partial charge in [0.1, 0.15) is 0 Å². The van der Waals surface area contributed by atoms with E-state index in [1.54, 1.807) is 0 Å². The van der Waals surface area contributed by atoms with Crippen molar-refractivity contribution in [2.24, 2.45) is 0 Å². The van der Waals surface area contributed by atoms with Gasteiger partial charge >= 0.3 is 12.4 Å². The highest BCUT2D eigenvalue weighted by atomic mass is 32.2. The van der Waals surface area contributed by atoms with Gasteiger partial charge < -0.3 is 0 Å². The van der Waals surface area contributed by atoms with E-state index in [2.05, 4.69) is 0 Å². The minimum Gasteiger partial charge on any atom is -0.288 e. The fraction of sp³-hybridized carbons (Fsp3) is 0.364. The van der Waals surface area contributed by atoms with Crippen LogP contribution >= 0.6 is 11.8 Å². The standard InChI is InChI=1S/C11H8F6OS/c1-6(18)19-5-7-2-8(10(12,13)14)4-9(3-7)11(15,16)17/h2-4H,5H2,1H3. The second kappa shape index (κ2) is 5.44. The lowest BCUT2D eigenvalue weighted by molar-refractivity contribution is -0.143. The normalized spacial score (nSPS) is 12.6. The summed E-state index contributed by atoms with van der Waals surface area (Å²) in [5.41, 5.74) is -2.94. The lowest BCUT2D eigenvalue weighted by atomic mass is 10.1. The van der Waals surface area contributed by atoms with Gasteiger partial charge in [0.2, 0.25) is 0 Å². The summed E-state index contributed by atoms with van der Waals surface area (Å²) >= 11 is 0.649. The number of hydrogen-bond acceptors (Lipinski definition) is 2. The van der Waals surface area contributed by atoms with Crippen LogP contribution in [0, 0.1) is 0 Å².